The topological polar surface area (TPSA) is 115 Å². The van der Waals surface area contributed by atoms with Gasteiger partial charge in [0, 0.05) is 40.4 Å². The van der Waals surface area contributed by atoms with Crippen LogP contribution < -0.4 is 15.4 Å². The SMILES string of the molecule is COc1cnc(Cl)cc1-c1cc(C)ncc1C(=O)Nc1nc2c(s1)C[C@@H](NC(=O)OC(C)(C)C)CC2. The molecule has 9 nitrogen and oxygen atoms in total. The van der Waals surface area contributed by atoms with Gasteiger partial charge < -0.3 is 14.8 Å². The second-order valence-corrected chi connectivity index (χ2v) is 11.0. The normalized spacial score (nSPS) is 15.1. The fourth-order valence-electron chi connectivity index (χ4n) is 3.94. The lowest BCUT2D eigenvalue weighted by Crippen LogP contribution is -2.41. The smallest absolute Gasteiger partial charge is 0.407 e. The lowest BCUT2D eigenvalue weighted by atomic mass is 9.98. The highest BCUT2D eigenvalue weighted by Gasteiger charge is 2.27. The number of alkyl carbamates (subject to hydrolysis) is 1. The van der Waals surface area contributed by atoms with Gasteiger partial charge in [-0.1, -0.05) is 11.6 Å². The number of nitrogens with zero attached hydrogens (tertiary/aromatic N) is 3. The lowest BCUT2D eigenvalue weighted by molar-refractivity contribution is 0.0500. The Morgan fingerprint density at radius 1 is 1.17 bits per heavy atom. The van der Waals surface area contributed by atoms with Gasteiger partial charge in [0.2, 0.25) is 0 Å². The number of nitrogens with one attached hydrogen (secondary N) is 2. The number of aromatic nitrogens is 3. The second-order valence-electron chi connectivity index (χ2n) is 9.51. The Hall–Kier alpha value is -3.24. The van der Waals surface area contributed by atoms with Crippen LogP contribution in [0.25, 0.3) is 11.1 Å². The third-order valence-corrected chi connectivity index (χ3v) is 6.75. The van der Waals surface area contributed by atoms with Gasteiger partial charge >= 0.3 is 6.09 Å². The van der Waals surface area contributed by atoms with E-state index in [0.717, 1.165) is 22.7 Å². The minimum absolute atomic E-state index is 0.0480. The van der Waals surface area contributed by atoms with Crippen molar-refractivity contribution in [1.82, 2.24) is 20.3 Å². The van der Waals surface area contributed by atoms with Gasteiger partial charge in [-0.05, 0) is 52.7 Å². The monoisotopic (exact) mass is 529 g/mol. The summed E-state index contributed by atoms with van der Waals surface area (Å²) in [5, 5.41) is 6.62. The molecule has 1 aliphatic rings. The Morgan fingerprint density at radius 3 is 2.67 bits per heavy atom. The second kappa shape index (κ2) is 10.4. The van der Waals surface area contributed by atoms with Crippen LogP contribution in [0, 0.1) is 6.92 Å². The van der Waals surface area contributed by atoms with Crippen molar-refractivity contribution >= 4 is 40.1 Å². The number of rotatable bonds is 5. The molecule has 4 rings (SSSR count). The van der Waals surface area contributed by atoms with E-state index in [1.165, 1.54) is 30.8 Å². The number of aryl methyl sites for hydroxylation is 2. The summed E-state index contributed by atoms with van der Waals surface area (Å²) >= 11 is 7.54. The number of hydrogen-bond acceptors (Lipinski definition) is 8. The van der Waals surface area contributed by atoms with Crippen molar-refractivity contribution in [2.24, 2.45) is 0 Å². The maximum Gasteiger partial charge on any atom is 0.407 e. The van der Waals surface area contributed by atoms with Gasteiger partial charge in [0.1, 0.15) is 16.5 Å². The van der Waals surface area contributed by atoms with Crippen molar-refractivity contribution in [3.63, 3.8) is 0 Å². The summed E-state index contributed by atoms with van der Waals surface area (Å²) in [6.45, 7) is 7.34. The molecule has 1 atom stereocenters. The van der Waals surface area contributed by atoms with Crippen molar-refractivity contribution < 1.29 is 19.1 Å². The number of anilines is 1. The Labute approximate surface area is 218 Å². The lowest BCUT2D eigenvalue weighted by Gasteiger charge is -2.25. The van der Waals surface area contributed by atoms with Gasteiger partial charge in [0.15, 0.2) is 5.13 Å². The first-order valence-corrected chi connectivity index (χ1v) is 12.7. The zero-order valence-corrected chi connectivity index (χ0v) is 22.3. The zero-order chi connectivity index (χ0) is 26.0. The van der Waals surface area contributed by atoms with E-state index in [4.69, 9.17) is 21.1 Å². The van der Waals surface area contributed by atoms with Crippen molar-refractivity contribution in [3.8, 4) is 16.9 Å². The highest BCUT2D eigenvalue weighted by molar-refractivity contribution is 7.15. The van der Waals surface area contributed by atoms with Crippen LogP contribution in [0.15, 0.2) is 24.5 Å². The summed E-state index contributed by atoms with van der Waals surface area (Å²) in [5.74, 6) is 0.148. The van der Waals surface area contributed by atoms with Crippen LogP contribution in [-0.4, -0.2) is 45.7 Å². The van der Waals surface area contributed by atoms with Crippen LogP contribution in [0.1, 0.15) is 53.8 Å². The van der Waals surface area contributed by atoms with Crippen molar-refractivity contribution in [2.45, 2.75) is 58.6 Å². The van der Waals surface area contributed by atoms with Gasteiger partial charge in [-0.15, -0.1) is 11.3 Å². The molecule has 0 unspecified atom stereocenters. The molecule has 11 heteroatoms. The molecule has 36 heavy (non-hydrogen) atoms. The molecule has 0 saturated heterocycles. The Morgan fingerprint density at radius 2 is 1.94 bits per heavy atom. The number of carbonyl (C=O) groups is 2. The fraction of sp³-hybridized carbons (Fsp3) is 0.400. The molecule has 0 saturated carbocycles. The quantitative estimate of drug-likeness (QED) is 0.436. The molecule has 0 fully saturated rings. The summed E-state index contributed by atoms with van der Waals surface area (Å²) in [5.41, 5.74) is 2.75. The summed E-state index contributed by atoms with van der Waals surface area (Å²) in [4.78, 5) is 39.5. The Kier molecular flexibility index (Phi) is 7.46. The third kappa shape index (κ3) is 6.11. The summed E-state index contributed by atoms with van der Waals surface area (Å²) < 4.78 is 10.8. The summed E-state index contributed by atoms with van der Waals surface area (Å²) in [6.07, 6.45) is 4.70. The number of hydrogen-bond donors (Lipinski definition) is 2. The molecular weight excluding hydrogens is 502 g/mol. The molecule has 3 aromatic heterocycles. The molecule has 0 aromatic carbocycles. The predicted molar refractivity (Wildman–Crippen MR) is 139 cm³/mol. The molecule has 3 heterocycles. The van der Waals surface area contributed by atoms with E-state index in [1.54, 1.807) is 6.07 Å². The maximum absolute atomic E-state index is 13.3. The number of methoxy groups -OCH3 is 1. The number of amides is 2. The van der Waals surface area contributed by atoms with E-state index in [2.05, 4.69) is 25.6 Å². The summed E-state index contributed by atoms with van der Waals surface area (Å²) in [7, 11) is 1.53. The average molecular weight is 530 g/mol. The number of carbonyl (C=O) groups excluding carboxylic acids is 2. The fourth-order valence-corrected chi connectivity index (χ4v) is 5.19. The first kappa shape index (κ1) is 25.8. The predicted octanol–water partition coefficient (Wildman–Crippen LogP) is 5.20. The van der Waals surface area contributed by atoms with Crippen LogP contribution in [-0.2, 0) is 17.6 Å². The van der Waals surface area contributed by atoms with E-state index < -0.39 is 11.7 Å². The molecule has 190 valence electrons. The first-order valence-electron chi connectivity index (χ1n) is 11.5. The van der Waals surface area contributed by atoms with Crippen LogP contribution >= 0.6 is 22.9 Å². The number of pyridine rings is 2. The number of fused-ring (bicyclic) bond motifs is 1. The first-order chi connectivity index (χ1) is 17.0. The molecule has 2 N–H and O–H groups in total. The third-order valence-electron chi connectivity index (χ3n) is 5.51. The standard InChI is InChI=1S/C25H28ClN5O4S/c1-13-8-15(16-10-21(26)28-12-19(16)34-5)17(11-27-13)22(32)31-23-30-18-7-6-14(9-20(18)36-23)29-24(33)35-25(2,3)4/h8,10-12,14H,6-7,9H2,1-5H3,(H,29,33)(H,30,31,32)/t14-/m0/s1. The maximum atomic E-state index is 13.3. The van der Waals surface area contributed by atoms with E-state index in [1.807, 2.05) is 33.8 Å². The van der Waals surface area contributed by atoms with Gasteiger partial charge in [-0.3, -0.25) is 15.1 Å². The number of ether oxygens (including phenoxy) is 2. The largest absolute Gasteiger partial charge is 0.494 e. The van der Waals surface area contributed by atoms with Crippen LogP contribution in [0.4, 0.5) is 9.93 Å². The summed E-state index contributed by atoms with van der Waals surface area (Å²) in [6, 6.07) is 3.42. The molecule has 2 amide bonds. The molecule has 3 aromatic rings. The van der Waals surface area contributed by atoms with E-state index >= 15 is 0 Å². The Balaban J connectivity index is 1.52. The highest BCUT2D eigenvalue weighted by Crippen LogP contribution is 2.35. The minimum Gasteiger partial charge on any atom is -0.494 e. The molecular formula is C25H28ClN5O4S. The highest BCUT2D eigenvalue weighted by atomic mass is 35.5. The van der Waals surface area contributed by atoms with Gasteiger partial charge in [0.05, 0.1) is 24.6 Å². The van der Waals surface area contributed by atoms with Crippen molar-refractivity contribution in [3.05, 3.63) is 51.5 Å². The molecule has 0 spiro atoms. The molecule has 0 radical (unpaired) electrons. The molecule has 0 aliphatic heterocycles. The van der Waals surface area contributed by atoms with Crippen LogP contribution in [0.3, 0.4) is 0 Å². The zero-order valence-electron chi connectivity index (χ0n) is 20.8. The Bertz CT molecular complexity index is 1300. The van der Waals surface area contributed by atoms with Crippen LogP contribution in [0.5, 0.6) is 5.75 Å². The van der Waals surface area contributed by atoms with E-state index in [0.29, 0.717) is 40.4 Å². The molecule has 1 aliphatic carbocycles. The number of halogens is 1. The van der Waals surface area contributed by atoms with Gasteiger partial charge in [-0.25, -0.2) is 14.8 Å². The van der Waals surface area contributed by atoms with E-state index in [-0.39, 0.29) is 17.1 Å². The average Bonchev–Trinajstić information content (AvgIpc) is 3.19. The van der Waals surface area contributed by atoms with Gasteiger partial charge in [-0.2, -0.15) is 0 Å². The van der Waals surface area contributed by atoms with Crippen molar-refractivity contribution in [1.29, 1.82) is 0 Å². The number of thiazole rings is 1. The minimum atomic E-state index is -0.554. The van der Waals surface area contributed by atoms with Crippen LogP contribution in [0.2, 0.25) is 5.15 Å². The van der Waals surface area contributed by atoms with Crippen molar-refractivity contribution in [2.75, 3.05) is 12.4 Å². The van der Waals surface area contributed by atoms with E-state index in [9.17, 15) is 9.59 Å². The molecule has 0 bridgehead atoms. The van der Waals surface area contributed by atoms with Gasteiger partial charge in [0.25, 0.3) is 5.91 Å².